The Morgan fingerprint density at radius 3 is 2.74 bits per heavy atom. The van der Waals surface area contributed by atoms with Crippen LogP contribution in [-0.2, 0) is 13.2 Å². The minimum absolute atomic E-state index is 0.486. The van der Waals surface area contributed by atoms with Crippen molar-refractivity contribution in [3.8, 4) is 5.75 Å². The van der Waals surface area contributed by atoms with Gasteiger partial charge >= 0.3 is 0 Å². The van der Waals surface area contributed by atoms with Gasteiger partial charge in [0.2, 0.25) is 0 Å². The number of aryl methyl sites for hydroxylation is 3. The summed E-state index contributed by atoms with van der Waals surface area (Å²) in [6.07, 6.45) is 0. The first kappa shape index (κ1) is 13.9. The van der Waals surface area contributed by atoms with Crippen LogP contribution in [0.5, 0.6) is 5.75 Å². The highest BCUT2D eigenvalue weighted by Gasteiger charge is 2.13. The lowest BCUT2D eigenvalue weighted by Gasteiger charge is -2.11. The van der Waals surface area contributed by atoms with E-state index in [1.165, 1.54) is 0 Å². The summed E-state index contributed by atoms with van der Waals surface area (Å²) in [4.78, 5) is 0. The van der Waals surface area contributed by atoms with E-state index in [2.05, 4.69) is 28.0 Å². The van der Waals surface area contributed by atoms with Crippen LogP contribution in [-0.4, -0.2) is 9.78 Å². The van der Waals surface area contributed by atoms with E-state index in [-0.39, 0.29) is 0 Å². The second-order valence-electron chi connectivity index (χ2n) is 4.48. The first-order valence-corrected chi connectivity index (χ1v) is 7.03. The number of nitrogen functional groups attached to an aromatic ring is 1. The summed E-state index contributed by atoms with van der Waals surface area (Å²) in [5.74, 6) is 0.850. The van der Waals surface area contributed by atoms with Crippen molar-refractivity contribution in [3.05, 3.63) is 39.6 Å². The van der Waals surface area contributed by atoms with Crippen LogP contribution in [0.1, 0.15) is 23.9 Å². The zero-order chi connectivity index (χ0) is 14.0. The molecule has 0 amide bonds. The van der Waals surface area contributed by atoms with Crippen LogP contribution in [0.4, 0.5) is 5.69 Å². The summed E-state index contributed by atoms with van der Waals surface area (Å²) in [6.45, 7) is 7.35. The molecule has 4 nitrogen and oxygen atoms in total. The minimum atomic E-state index is 0.486. The lowest BCUT2D eigenvalue weighted by Crippen LogP contribution is -2.07. The Kier molecular flexibility index (Phi) is 4.14. The summed E-state index contributed by atoms with van der Waals surface area (Å²) in [6, 6.07) is 5.66. The van der Waals surface area contributed by atoms with Crippen molar-refractivity contribution in [1.29, 1.82) is 0 Å². The lowest BCUT2D eigenvalue weighted by atomic mass is 10.2. The number of hydrogen-bond donors (Lipinski definition) is 1. The van der Waals surface area contributed by atoms with Gasteiger partial charge in [0.15, 0.2) is 0 Å². The Hall–Kier alpha value is -1.49. The van der Waals surface area contributed by atoms with Gasteiger partial charge in [0.05, 0.1) is 15.9 Å². The molecule has 0 aliphatic rings. The molecule has 0 radical (unpaired) electrons. The first-order chi connectivity index (χ1) is 9.02. The van der Waals surface area contributed by atoms with E-state index in [9.17, 15) is 0 Å². The molecular formula is C14H18BrN3O. The summed E-state index contributed by atoms with van der Waals surface area (Å²) >= 11 is 3.56. The van der Waals surface area contributed by atoms with Crippen molar-refractivity contribution in [3.63, 3.8) is 0 Å². The number of rotatable bonds is 4. The summed E-state index contributed by atoms with van der Waals surface area (Å²) in [7, 11) is 0. The van der Waals surface area contributed by atoms with Crippen molar-refractivity contribution in [1.82, 2.24) is 9.78 Å². The van der Waals surface area contributed by atoms with E-state index in [1.807, 2.05) is 36.7 Å². The van der Waals surface area contributed by atoms with Gasteiger partial charge in [-0.3, -0.25) is 4.68 Å². The van der Waals surface area contributed by atoms with Crippen LogP contribution < -0.4 is 10.5 Å². The van der Waals surface area contributed by atoms with E-state index in [0.29, 0.717) is 6.61 Å². The zero-order valence-electron chi connectivity index (χ0n) is 11.4. The van der Waals surface area contributed by atoms with Crippen LogP contribution in [0, 0.1) is 13.8 Å². The molecule has 1 aromatic heterocycles. The third kappa shape index (κ3) is 2.92. The van der Waals surface area contributed by atoms with E-state index >= 15 is 0 Å². The average Bonchev–Trinajstić information content (AvgIpc) is 2.65. The van der Waals surface area contributed by atoms with E-state index in [4.69, 9.17) is 10.5 Å². The lowest BCUT2D eigenvalue weighted by molar-refractivity contribution is 0.290. The molecule has 0 fully saturated rings. The Morgan fingerprint density at radius 1 is 1.37 bits per heavy atom. The molecule has 102 valence electrons. The van der Waals surface area contributed by atoms with Crippen LogP contribution >= 0.6 is 15.9 Å². The number of ether oxygens (including phenoxy) is 1. The molecule has 0 saturated carbocycles. The van der Waals surface area contributed by atoms with Gasteiger partial charge in [-0.15, -0.1) is 0 Å². The summed E-state index contributed by atoms with van der Waals surface area (Å²) in [5, 5.41) is 4.45. The standard InChI is InChI=1S/C14H18BrN3O/c1-4-18-12(14(15)10(3)17-18)8-19-13-6-5-11(16)7-9(13)2/h5-7H,4,8,16H2,1-3H3. The van der Waals surface area contributed by atoms with Gasteiger partial charge in [-0.05, 0) is 60.5 Å². The van der Waals surface area contributed by atoms with Gasteiger partial charge < -0.3 is 10.5 Å². The van der Waals surface area contributed by atoms with Gasteiger partial charge in [-0.25, -0.2) is 0 Å². The molecule has 5 heteroatoms. The molecule has 0 aliphatic carbocycles. The second kappa shape index (κ2) is 5.65. The van der Waals surface area contributed by atoms with Gasteiger partial charge in [0, 0.05) is 12.2 Å². The smallest absolute Gasteiger partial charge is 0.131 e. The highest BCUT2D eigenvalue weighted by Crippen LogP contribution is 2.25. The quantitative estimate of drug-likeness (QED) is 0.877. The monoisotopic (exact) mass is 323 g/mol. The van der Waals surface area contributed by atoms with Crippen molar-refractivity contribution in [2.75, 3.05) is 5.73 Å². The SMILES string of the molecule is CCn1nc(C)c(Br)c1COc1ccc(N)cc1C. The molecule has 0 bridgehead atoms. The maximum absolute atomic E-state index is 5.87. The largest absolute Gasteiger partial charge is 0.487 e. The normalized spacial score (nSPS) is 10.7. The fourth-order valence-electron chi connectivity index (χ4n) is 1.99. The van der Waals surface area contributed by atoms with Crippen molar-refractivity contribution in [2.24, 2.45) is 0 Å². The highest BCUT2D eigenvalue weighted by molar-refractivity contribution is 9.10. The molecule has 2 aromatic rings. The number of halogens is 1. The van der Waals surface area contributed by atoms with Gasteiger partial charge in [-0.2, -0.15) is 5.10 Å². The second-order valence-corrected chi connectivity index (χ2v) is 5.27. The number of nitrogens with two attached hydrogens (primary N) is 1. The van der Waals surface area contributed by atoms with Gasteiger partial charge in [0.25, 0.3) is 0 Å². The number of anilines is 1. The fourth-order valence-corrected chi connectivity index (χ4v) is 2.39. The first-order valence-electron chi connectivity index (χ1n) is 6.23. The van der Waals surface area contributed by atoms with Crippen molar-refractivity contribution >= 4 is 21.6 Å². The summed E-state index contributed by atoms with van der Waals surface area (Å²) in [5.41, 5.74) is 9.55. The Morgan fingerprint density at radius 2 is 2.11 bits per heavy atom. The maximum atomic E-state index is 5.87. The number of benzene rings is 1. The minimum Gasteiger partial charge on any atom is -0.487 e. The predicted molar refractivity (Wildman–Crippen MR) is 80.3 cm³/mol. The van der Waals surface area contributed by atoms with Crippen LogP contribution in [0.15, 0.2) is 22.7 Å². The maximum Gasteiger partial charge on any atom is 0.131 e. The van der Waals surface area contributed by atoms with Crippen LogP contribution in [0.3, 0.4) is 0 Å². The number of hydrogen-bond acceptors (Lipinski definition) is 3. The molecule has 19 heavy (non-hydrogen) atoms. The molecule has 0 aliphatic heterocycles. The Bertz CT molecular complexity index is 593. The van der Waals surface area contributed by atoms with E-state index in [0.717, 1.165) is 39.4 Å². The third-order valence-electron chi connectivity index (χ3n) is 3.02. The van der Waals surface area contributed by atoms with Crippen LogP contribution in [0.25, 0.3) is 0 Å². The summed E-state index contributed by atoms with van der Waals surface area (Å²) < 4.78 is 8.83. The zero-order valence-corrected chi connectivity index (χ0v) is 13.0. The highest BCUT2D eigenvalue weighted by atomic mass is 79.9. The molecule has 0 saturated heterocycles. The molecule has 2 rings (SSSR count). The number of aromatic nitrogens is 2. The molecular weight excluding hydrogens is 306 g/mol. The van der Waals surface area contributed by atoms with E-state index < -0.39 is 0 Å². The molecule has 0 unspecified atom stereocenters. The molecule has 0 atom stereocenters. The average molecular weight is 324 g/mol. The van der Waals surface area contributed by atoms with Crippen molar-refractivity contribution in [2.45, 2.75) is 33.9 Å². The molecule has 2 N–H and O–H groups in total. The topological polar surface area (TPSA) is 53.1 Å². The van der Waals surface area contributed by atoms with Crippen molar-refractivity contribution < 1.29 is 4.74 Å². The predicted octanol–water partition coefficient (Wildman–Crippen LogP) is 3.44. The molecule has 0 spiro atoms. The molecule has 1 aromatic carbocycles. The Balaban J connectivity index is 2.18. The third-order valence-corrected chi connectivity index (χ3v) is 4.05. The molecule has 1 heterocycles. The van der Waals surface area contributed by atoms with Gasteiger partial charge in [-0.1, -0.05) is 0 Å². The number of nitrogens with zero attached hydrogens (tertiary/aromatic N) is 2. The van der Waals surface area contributed by atoms with Crippen LogP contribution in [0.2, 0.25) is 0 Å². The Labute approximate surface area is 121 Å². The van der Waals surface area contributed by atoms with E-state index in [1.54, 1.807) is 0 Å². The van der Waals surface area contributed by atoms with Gasteiger partial charge in [0.1, 0.15) is 12.4 Å². The fraction of sp³-hybridized carbons (Fsp3) is 0.357.